The molecule has 12 heteroatoms. The predicted octanol–water partition coefficient (Wildman–Crippen LogP) is 6.35. The van der Waals surface area contributed by atoms with Gasteiger partial charge in [-0.15, -0.1) is 0 Å². The van der Waals surface area contributed by atoms with Crippen LogP contribution in [0.4, 0.5) is 17.6 Å². The third kappa shape index (κ3) is 6.11. The Labute approximate surface area is 207 Å². The average molecular weight is 524 g/mol. The second-order valence-corrected chi connectivity index (χ2v) is 8.37. The molecular formula is C24H21F4N3O4S. The van der Waals surface area contributed by atoms with Crippen molar-refractivity contribution < 1.29 is 36.5 Å². The molecule has 36 heavy (non-hydrogen) atoms. The Hall–Kier alpha value is -3.67. The number of hydrogen-bond acceptors (Lipinski definition) is 7. The molecule has 0 fully saturated rings. The minimum Gasteiger partial charge on any atom is -0.491 e. The fourth-order valence-corrected chi connectivity index (χ4v) is 4.29. The summed E-state index contributed by atoms with van der Waals surface area (Å²) < 4.78 is 70.9. The van der Waals surface area contributed by atoms with Gasteiger partial charge in [-0.2, -0.15) is 17.6 Å². The lowest BCUT2D eigenvalue weighted by atomic mass is 10.2. The fourth-order valence-electron chi connectivity index (χ4n) is 3.38. The molecule has 4 rings (SSSR count). The van der Waals surface area contributed by atoms with E-state index in [1.54, 1.807) is 6.20 Å². The summed E-state index contributed by atoms with van der Waals surface area (Å²) >= 11 is 1.29. The Balaban J connectivity index is 1.53. The van der Waals surface area contributed by atoms with E-state index in [4.69, 9.17) is 9.47 Å². The highest BCUT2D eigenvalue weighted by Crippen LogP contribution is 2.37. The van der Waals surface area contributed by atoms with Crippen LogP contribution in [-0.4, -0.2) is 35.3 Å². The normalized spacial score (nSPS) is 11.3. The van der Waals surface area contributed by atoms with Gasteiger partial charge in [-0.1, -0.05) is 42.1 Å². The third-order valence-electron chi connectivity index (χ3n) is 5.08. The lowest BCUT2D eigenvalue weighted by Crippen LogP contribution is -2.07. The molecule has 0 radical (unpaired) electrons. The Morgan fingerprint density at radius 3 is 2.33 bits per heavy atom. The second kappa shape index (κ2) is 11.4. The van der Waals surface area contributed by atoms with Gasteiger partial charge >= 0.3 is 13.2 Å². The molecule has 2 heterocycles. The van der Waals surface area contributed by atoms with Gasteiger partial charge in [0.25, 0.3) is 0 Å². The van der Waals surface area contributed by atoms with Crippen LogP contribution >= 0.6 is 11.8 Å². The number of aromatic amines is 1. The molecule has 0 amide bonds. The van der Waals surface area contributed by atoms with Crippen LogP contribution in [0, 0.1) is 6.92 Å². The Kier molecular flexibility index (Phi) is 8.04. The number of fused-ring (bicyclic) bond motifs is 1. The van der Waals surface area contributed by atoms with E-state index in [2.05, 4.69) is 24.4 Å². The van der Waals surface area contributed by atoms with Crippen LogP contribution in [0.5, 0.6) is 23.0 Å². The number of H-pyrrole nitrogens is 1. The number of imidazole rings is 1. The molecule has 0 bridgehead atoms. The van der Waals surface area contributed by atoms with E-state index in [0.29, 0.717) is 40.2 Å². The molecule has 0 saturated carbocycles. The zero-order valence-electron chi connectivity index (χ0n) is 19.1. The van der Waals surface area contributed by atoms with E-state index in [1.165, 1.54) is 18.9 Å². The van der Waals surface area contributed by atoms with E-state index >= 15 is 0 Å². The van der Waals surface area contributed by atoms with Crippen LogP contribution in [0.2, 0.25) is 0 Å². The van der Waals surface area contributed by atoms with Crippen molar-refractivity contribution in [2.24, 2.45) is 0 Å². The smallest absolute Gasteiger partial charge is 0.387 e. The van der Waals surface area contributed by atoms with Crippen LogP contribution < -0.4 is 18.9 Å². The number of ether oxygens (including phenoxy) is 4. The Morgan fingerprint density at radius 1 is 0.972 bits per heavy atom. The van der Waals surface area contributed by atoms with E-state index in [9.17, 15) is 17.6 Å². The molecule has 7 nitrogen and oxygen atoms in total. The van der Waals surface area contributed by atoms with E-state index in [0.717, 1.165) is 23.3 Å². The van der Waals surface area contributed by atoms with Gasteiger partial charge in [0, 0.05) is 23.4 Å². The highest BCUT2D eigenvalue weighted by atomic mass is 32.2. The molecular weight excluding hydrogens is 502 g/mol. The zero-order chi connectivity index (χ0) is 25.7. The molecule has 0 saturated heterocycles. The number of methoxy groups -OCH3 is 1. The van der Waals surface area contributed by atoms with Gasteiger partial charge in [0.15, 0.2) is 28.2 Å². The number of thioether (sulfide) groups is 1. The quantitative estimate of drug-likeness (QED) is 0.181. The van der Waals surface area contributed by atoms with Crippen molar-refractivity contribution in [1.29, 1.82) is 0 Å². The summed E-state index contributed by atoms with van der Waals surface area (Å²) in [4.78, 5) is 11.8. The zero-order valence-corrected chi connectivity index (χ0v) is 20.0. The number of nitrogens with one attached hydrogen (secondary N) is 1. The molecule has 2 aromatic carbocycles. The van der Waals surface area contributed by atoms with Crippen LogP contribution in [0.15, 0.2) is 53.8 Å². The second-order valence-electron chi connectivity index (χ2n) is 7.41. The lowest BCUT2D eigenvalue weighted by molar-refractivity contribution is -0.0690. The van der Waals surface area contributed by atoms with E-state index in [-0.39, 0.29) is 5.52 Å². The minimum absolute atomic E-state index is 0.251. The van der Waals surface area contributed by atoms with E-state index < -0.39 is 24.7 Å². The van der Waals surface area contributed by atoms with Crippen LogP contribution in [-0.2, 0) is 12.4 Å². The monoisotopic (exact) mass is 523 g/mol. The molecule has 0 aliphatic heterocycles. The molecule has 0 aliphatic rings. The molecule has 0 spiro atoms. The maximum absolute atomic E-state index is 12.7. The molecule has 190 valence electrons. The van der Waals surface area contributed by atoms with Gasteiger partial charge < -0.3 is 23.9 Å². The first-order valence-electron chi connectivity index (χ1n) is 10.6. The third-order valence-corrected chi connectivity index (χ3v) is 5.97. The fraction of sp³-hybridized carbons (Fsp3) is 0.250. The molecule has 0 aliphatic carbocycles. The van der Waals surface area contributed by atoms with Crippen molar-refractivity contribution in [3.8, 4) is 23.0 Å². The molecule has 0 atom stereocenters. The van der Waals surface area contributed by atoms with Crippen molar-refractivity contribution in [2.75, 3.05) is 7.11 Å². The number of rotatable bonds is 11. The number of aromatic nitrogens is 3. The molecule has 2 aromatic heterocycles. The maximum Gasteiger partial charge on any atom is 0.387 e. The largest absolute Gasteiger partial charge is 0.491 e. The van der Waals surface area contributed by atoms with Crippen molar-refractivity contribution in [3.05, 3.63) is 65.5 Å². The molecule has 4 aromatic rings. The maximum atomic E-state index is 12.7. The first-order valence-corrected chi connectivity index (χ1v) is 11.6. The minimum atomic E-state index is -3.21. The number of alkyl halides is 4. The van der Waals surface area contributed by atoms with Crippen LogP contribution in [0.25, 0.3) is 11.0 Å². The topological polar surface area (TPSA) is 78.5 Å². The van der Waals surface area contributed by atoms with Crippen molar-refractivity contribution in [2.45, 2.75) is 37.7 Å². The predicted molar refractivity (Wildman–Crippen MR) is 125 cm³/mol. The van der Waals surface area contributed by atoms with Gasteiger partial charge in [0.1, 0.15) is 6.61 Å². The first kappa shape index (κ1) is 25.4. The number of hydrogen-bond donors (Lipinski definition) is 1. The molecule has 0 unspecified atom stereocenters. The highest BCUT2D eigenvalue weighted by Gasteiger charge is 2.19. The van der Waals surface area contributed by atoms with Gasteiger partial charge in [0.05, 0.1) is 30.0 Å². The molecule has 1 N–H and O–H groups in total. The van der Waals surface area contributed by atoms with Gasteiger partial charge in [-0.25, -0.2) is 4.98 Å². The Morgan fingerprint density at radius 2 is 1.67 bits per heavy atom. The van der Waals surface area contributed by atoms with Gasteiger partial charge in [-0.3, -0.25) is 4.98 Å². The summed E-state index contributed by atoms with van der Waals surface area (Å²) in [7, 11) is 1.53. The standard InChI is InChI=1S/C24H21F4N3O4S/c1-13-17(29-10-20(32-2)21(13)33-11-14-6-4-3-5-7-14)12-36-24-30-15-8-18(34-22(25)26)19(35-23(27)28)9-16(15)31-24/h3-10,22-23H,11-12H2,1-2H3,(H,30,31). The SMILES string of the molecule is COc1cnc(CSc2nc3cc(OC(F)F)c(OC(F)F)cc3[nH]2)c(C)c1OCc1ccccc1. The Bertz CT molecular complexity index is 1270. The van der Waals surface area contributed by atoms with Crippen LogP contribution in [0.1, 0.15) is 16.8 Å². The average Bonchev–Trinajstić information content (AvgIpc) is 3.24. The van der Waals surface area contributed by atoms with Gasteiger partial charge in [0.2, 0.25) is 0 Å². The van der Waals surface area contributed by atoms with Gasteiger partial charge in [-0.05, 0) is 12.5 Å². The summed E-state index contributed by atoms with van der Waals surface area (Å²) in [5, 5.41) is 0.422. The summed E-state index contributed by atoms with van der Waals surface area (Å²) in [5.74, 6) is 0.399. The first-order chi connectivity index (χ1) is 17.3. The number of benzene rings is 2. The van der Waals surface area contributed by atoms with Crippen molar-refractivity contribution >= 4 is 22.8 Å². The van der Waals surface area contributed by atoms with Crippen LogP contribution in [0.3, 0.4) is 0 Å². The summed E-state index contributed by atoms with van der Waals surface area (Å²) in [5.41, 5.74) is 3.07. The lowest BCUT2D eigenvalue weighted by Gasteiger charge is -2.15. The summed E-state index contributed by atoms with van der Waals surface area (Å²) in [6.45, 7) is -4.20. The number of pyridine rings is 1. The summed E-state index contributed by atoms with van der Waals surface area (Å²) in [6, 6.07) is 11.9. The summed E-state index contributed by atoms with van der Waals surface area (Å²) in [6.07, 6.45) is 1.57. The van der Waals surface area contributed by atoms with Crippen molar-refractivity contribution in [1.82, 2.24) is 15.0 Å². The van der Waals surface area contributed by atoms with E-state index in [1.807, 2.05) is 37.3 Å². The number of halogens is 4. The number of nitrogens with zero attached hydrogens (tertiary/aromatic N) is 2. The highest BCUT2D eigenvalue weighted by molar-refractivity contribution is 7.98. The van der Waals surface area contributed by atoms with Crippen molar-refractivity contribution in [3.63, 3.8) is 0 Å².